The fourth-order valence-electron chi connectivity index (χ4n) is 6.02. The standard InChI is InChI=1S/C29H40N4O3/c30-27(34)26(23-11-2-1-3-12-23)32-28(35)24-13-5-4-10-22(24)16-15-21-9-6-7-19-33(20-17-21)29(36)25-14-8-18-31-25/h1-3,8,11-12,14,18,21-22,24,26,31H,4-7,9-10,13,15-17,19-20H2,(H2,30,34)(H,32,35)/t21?,22?,24-,26+/m1/s1. The van der Waals surface area contributed by atoms with Gasteiger partial charge in [0.2, 0.25) is 11.8 Å². The van der Waals surface area contributed by atoms with E-state index in [-0.39, 0.29) is 17.7 Å². The normalized spacial score (nSPS) is 23.8. The summed E-state index contributed by atoms with van der Waals surface area (Å²) in [5.74, 6) is 0.321. The number of nitrogens with two attached hydrogens (primary N) is 1. The summed E-state index contributed by atoms with van der Waals surface area (Å²) in [5, 5.41) is 2.96. The number of nitrogens with zero attached hydrogens (tertiary/aromatic N) is 1. The number of H-pyrrole nitrogens is 1. The van der Waals surface area contributed by atoms with Crippen molar-refractivity contribution in [2.75, 3.05) is 13.1 Å². The maximum Gasteiger partial charge on any atom is 0.270 e. The van der Waals surface area contributed by atoms with Gasteiger partial charge in [-0.2, -0.15) is 0 Å². The minimum atomic E-state index is -0.796. The molecule has 1 aromatic carbocycles. The van der Waals surface area contributed by atoms with Crippen LogP contribution in [0.15, 0.2) is 48.7 Å². The molecule has 7 nitrogen and oxygen atoms in total. The van der Waals surface area contributed by atoms with Crippen molar-refractivity contribution >= 4 is 17.7 Å². The molecule has 7 heteroatoms. The first-order valence-corrected chi connectivity index (χ1v) is 13.6. The van der Waals surface area contributed by atoms with Crippen LogP contribution in [0.2, 0.25) is 0 Å². The van der Waals surface area contributed by atoms with E-state index in [1.807, 2.05) is 47.4 Å². The Morgan fingerprint density at radius 3 is 2.44 bits per heavy atom. The van der Waals surface area contributed by atoms with Gasteiger partial charge < -0.3 is 20.9 Å². The fourth-order valence-corrected chi connectivity index (χ4v) is 6.02. The minimum absolute atomic E-state index is 0.0484. The Hall–Kier alpha value is -3.09. The number of hydrogen-bond acceptors (Lipinski definition) is 3. The molecule has 2 unspecified atom stereocenters. The van der Waals surface area contributed by atoms with Crippen LogP contribution in [0.3, 0.4) is 0 Å². The molecule has 0 spiro atoms. The molecule has 4 N–H and O–H groups in total. The Bertz CT molecular complexity index is 991. The maximum absolute atomic E-state index is 13.3. The number of aromatic nitrogens is 1. The molecule has 1 saturated carbocycles. The molecule has 3 amide bonds. The maximum atomic E-state index is 13.3. The lowest BCUT2D eigenvalue weighted by Crippen LogP contribution is -2.43. The van der Waals surface area contributed by atoms with Crippen molar-refractivity contribution in [2.45, 2.75) is 70.3 Å². The highest BCUT2D eigenvalue weighted by Crippen LogP contribution is 2.36. The Kier molecular flexibility index (Phi) is 9.20. The number of rotatable bonds is 8. The summed E-state index contributed by atoms with van der Waals surface area (Å²) in [7, 11) is 0. The van der Waals surface area contributed by atoms with Crippen LogP contribution in [0, 0.1) is 17.8 Å². The lowest BCUT2D eigenvalue weighted by Gasteiger charge is -2.33. The molecule has 1 aliphatic heterocycles. The fraction of sp³-hybridized carbons (Fsp3) is 0.552. The number of likely N-dealkylation sites (tertiary alicyclic amines) is 1. The number of aromatic amines is 1. The van der Waals surface area contributed by atoms with Gasteiger partial charge in [0.25, 0.3) is 5.91 Å². The first-order valence-electron chi connectivity index (χ1n) is 13.6. The van der Waals surface area contributed by atoms with Gasteiger partial charge in [-0.3, -0.25) is 14.4 Å². The third-order valence-electron chi connectivity index (χ3n) is 8.11. The summed E-state index contributed by atoms with van der Waals surface area (Å²) in [6, 6.07) is 12.1. The smallest absolute Gasteiger partial charge is 0.270 e. The third-order valence-corrected chi connectivity index (χ3v) is 8.11. The molecule has 36 heavy (non-hydrogen) atoms. The quantitative estimate of drug-likeness (QED) is 0.502. The van der Waals surface area contributed by atoms with Crippen LogP contribution in [0.4, 0.5) is 0 Å². The van der Waals surface area contributed by atoms with Crippen molar-refractivity contribution in [3.05, 3.63) is 59.9 Å². The third kappa shape index (κ3) is 6.77. The highest BCUT2D eigenvalue weighted by atomic mass is 16.2. The molecule has 1 saturated heterocycles. The van der Waals surface area contributed by atoms with Crippen molar-refractivity contribution in [3.63, 3.8) is 0 Å². The van der Waals surface area contributed by atoms with Gasteiger partial charge in [-0.15, -0.1) is 0 Å². The molecule has 2 aliphatic rings. The predicted octanol–water partition coefficient (Wildman–Crippen LogP) is 4.58. The highest BCUT2D eigenvalue weighted by Gasteiger charge is 2.33. The van der Waals surface area contributed by atoms with E-state index < -0.39 is 11.9 Å². The van der Waals surface area contributed by atoms with Crippen LogP contribution < -0.4 is 11.1 Å². The van der Waals surface area contributed by atoms with Gasteiger partial charge >= 0.3 is 0 Å². The second-order valence-electron chi connectivity index (χ2n) is 10.5. The summed E-state index contributed by atoms with van der Waals surface area (Å²) in [6.45, 7) is 1.60. The molecule has 194 valence electrons. The summed E-state index contributed by atoms with van der Waals surface area (Å²) >= 11 is 0. The van der Waals surface area contributed by atoms with Gasteiger partial charge in [-0.1, -0.05) is 62.4 Å². The molecular weight excluding hydrogens is 452 g/mol. The van der Waals surface area contributed by atoms with Gasteiger partial charge in [0, 0.05) is 25.2 Å². The number of carbonyl (C=O) groups excluding carboxylic acids is 3. The molecule has 0 bridgehead atoms. The zero-order chi connectivity index (χ0) is 25.3. The van der Waals surface area contributed by atoms with E-state index in [0.29, 0.717) is 17.5 Å². The van der Waals surface area contributed by atoms with E-state index in [1.54, 1.807) is 6.20 Å². The lowest BCUT2D eigenvalue weighted by atomic mass is 9.74. The second-order valence-corrected chi connectivity index (χ2v) is 10.5. The molecule has 1 aliphatic carbocycles. The zero-order valence-electron chi connectivity index (χ0n) is 21.2. The Balaban J connectivity index is 1.33. The van der Waals surface area contributed by atoms with Gasteiger partial charge in [-0.25, -0.2) is 0 Å². The van der Waals surface area contributed by atoms with E-state index in [4.69, 9.17) is 5.73 Å². The Morgan fingerprint density at radius 2 is 1.69 bits per heavy atom. The lowest BCUT2D eigenvalue weighted by molar-refractivity contribution is -0.132. The average Bonchev–Trinajstić information content (AvgIpc) is 3.42. The number of hydrogen-bond donors (Lipinski definition) is 3. The van der Waals surface area contributed by atoms with Crippen LogP contribution in [-0.4, -0.2) is 40.7 Å². The van der Waals surface area contributed by atoms with Crippen LogP contribution in [0.1, 0.15) is 86.3 Å². The van der Waals surface area contributed by atoms with Crippen LogP contribution >= 0.6 is 0 Å². The van der Waals surface area contributed by atoms with Gasteiger partial charge in [0.05, 0.1) is 0 Å². The van der Waals surface area contributed by atoms with Crippen molar-refractivity contribution in [3.8, 4) is 0 Å². The topological polar surface area (TPSA) is 108 Å². The number of amides is 3. The average molecular weight is 493 g/mol. The van der Waals surface area contributed by atoms with Crippen LogP contribution in [0.5, 0.6) is 0 Å². The van der Waals surface area contributed by atoms with E-state index >= 15 is 0 Å². The molecule has 2 fully saturated rings. The largest absolute Gasteiger partial charge is 0.368 e. The van der Waals surface area contributed by atoms with Gasteiger partial charge in [0.1, 0.15) is 11.7 Å². The van der Waals surface area contributed by atoms with Crippen LogP contribution in [0.25, 0.3) is 0 Å². The molecule has 1 aromatic heterocycles. The number of nitrogens with one attached hydrogen (secondary N) is 2. The molecule has 4 rings (SSSR count). The summed E-state index contributed by atoms with van der Waals surface area (Å²) in [5.41, 5.74) is 7.03. The Morgan fingerprint density at radius 1 is 0.917 bits per heavy atom. The zero-order valence-corrected chi connectivity index (χ0v) is 21.2. The predicted molar refractivity (Wildman–Crippen MR) is 140 cm³/mol. The minimum Gasteiger partial charge on any atom is -0.368 e. The number of primary amides is 1. The summed E-state index contributed by atoms with van der Waals surface area (Å²) < 4.78 is 0. The first kappa shape index (κ1) is 26.0. The van der Waals surface area contributed by atoms with Crippen molar-refractivity contribution < 1.29 is 14.4 Å². The molecule has 4 atom stereocenters. The van der Waals surface area contributed by atoms with Gasteiger partial charge in [0.15, 0.2) is 0 Å². The molecule has 2 aromatic rings. The van der Waals surface area contributed by atoms with E-state index in [0.717, 1.165) is 76.4 Å². The van der Waals surface area contributed by atoms with E-state index in [2.05, 4.69) is 10.3 Å². The van der Waals surface area contributed by atoms with Crippen molar-refractivity contribution in [1.82, 2.24) is 15.2 Å². The Labute approximate surface area is 214 Å². The summed E-state index contributed by atoms with van der Waals surface area (Å²) in [4.78, 5) is 43.3. The summed E-state index contributed by atoms with van der Waals surface area (Å²) in [6.07, 6.45) is 12.3. The number of carbonyl (C=O) groups is 3. The van der Waals surface area contributed by atoms with Crippen molar-refractivity contribution in [2.24, 2.45) is 23.5 Å². The first-order chi connectivity index (χ1) is 17.5. The highest BCUT2D eigenvalue weighted by molar-refractivity contribution is 5.92. The van der Waals surface area contributed by atoms with E-state index in [1.165, 1.54) is 6.42 Å². The van der Waals surface area contributed by atoms with Crippen molar-refractivity contribution in [1.29, 1.82) is 0 Å². The monoisotopic (exact) mass is 492 g/mol. The SMILES string of the molecule is NC(=O)[C@@H](NC(=O)[C@@H]1CCCCC1CCC1CCCCN(C(=O)c2ccc[nH]2)CC1)c1ccccc1. The molecular formula is C29H40N4O3. The number of benzene rings is 1. The van der Waals surface area contributed by atoms with Gasteiger partial charge in [-0.05, 0) is 61.6 Å². The molecule has 0 radical (unpaired) electrons. The second kappa shape index (κ2) is 12.7. The van der Waals surface area contributed by atoms with Crippen LogP contribution in [-0.2, 0) is 9.59 Å². The molecule has 2 heterocycles. The van der Waals surface area contributed by atoms with E-state index in [9.17, 15) is 14.4 Å².